The molecule has 7 nitrogen and oxygen atoms in total. The van der Waals surface area contributed by atoms with E-state index in [0.29, 0.717) is 18.7 Å². The molecule has 1 amide bonds. The van der Waals surface area contributed by atoms with E-state index in [2.05, 4.69) is 16.8 Å². The van der Waals surface area contributed by atoms with Gasteiger partial charge in [0.2, 0.25) is 5.91 Å². The van der Waals surface area contributed by atoms with Crippen molar-refractivity contribution in [2.24, 2.45) is 0 Å². The van der Waals surface area contributed by atoms with E-state index in [1.54, 1.807) is 12.1 Å². The Kier molecular flexibility index (Phi) is 8.00. The number of carboxylic acid groups (broad SMARTS) is 1. The summed E-state index contributed by atoms with van der Waals surface area (Å²) in [5.74, 6) is 1.34. The Balaban J connectivity index is 1.64. The lowest BCUT2D eigenvalue weighted by atomic mass is 10.0. The Labute approximate surface area is 210 Å². The van der Waals surface area contributed by atoms with E-state index >= 15 is 0 Å². The van der Waals surface area contributed by atoms with Gasteiger partial charge in [-0.15, -0.1) is 0 Å². The average molecular weight is 486 g/mol. The SMILES string of the molecule is CCCCc1nc2ccc(NC(=O)CCC)cc2n1Cc1ccc(-c2ccccc2OC(=O)O)cc1. The number of carbonyl (C=O) groups excluding carboxylic acids is 1. The molecule has 186 valence electrons. The quantitative estimate of drug-likeness (QED) is 0.188. The minimum Gasteiger partial charge on any atom is -0.449 e. The summed E-state index contributed by atoms with van der Waals surface area (Å²) in [5, 5.41) is 12.0. The Bertz CT molecular complexity index is 1360. The predicted molar refractivity (Wildman–Crippen MR) is 142 cm³/mol. The molecule has 1 aromatic heterocycles. The van der Waals surface area contributed by atoms with Gasteiger partial charge in [0.05, 0.1) is 11.0 Å². The number of imidazole rings is 1. The van der Waals surface area contributed by atoms with Gasteiger partial charge >= 0.3 is 6.16 Å². The van der Waals surface area contributed by atoms with Crippen molar-refractivity contribution in [1.82, 2.24) is 9.55 Å². The predicted octanol–water partition coefficient (Wildman–Crippen LogP) is 6.89. The van der Waals surface area contributed by atoms with Crippen LogP contribution >= 0.6 is 0 Å². The van der Waals surface area contributed by atoms with E-state index in [9.17, 15) is 9.59 Å². The lowest BCUT2D eigenvalue weighted by Gasteiger charge is -2.12. The van der Waals surface area contributed by atoms with E-state index < -0.39 is 6.16 Å². The molecule has 36 heavy (non-hydrogen) atoms. The van der Waals surface area contributed by atoms with Crippen molar-refractivity contribution in [2.45, 2.75) is 52.5 Å². The van der Waals surface area contributed by atoms with Crippen molar-refractivity contribution in [2.75, 3.05) is 5.32 Å². The fraction of sp³-hybridized carbons (Fsp3) is 0.276. The van der Waals surface area contributed by atoms with Crippen LogP contribution < -0.4 is 10.1 Å². The first kappa shape index (κ1) is 25.0. The molecule has 4 rings (SSSR count). The van der Waals surface area contributed by atoms with Crippen LogP contribution in [-0.4, -0.2) is 26.7 Å². The van der Waals surface area contributed by atoms with Crippen LogP contribution in [0.3, 0.4) is 0 Å². The lowest BCUT2D eigenvalue weighted by molar-refractivity contribution is -0.116. The van der Waals surface area contributed by atoms with Crippen LogP contribution in [0.25, 0.3) is 22.2 Å². The largest absolute Gasteiger partial charge is 0.511 e. The fourth-order valence-electron chi connectivity index (χ4n) is 4.26. The Morgan fingerprint density at radius 1 is 1.00 bits per heavy atom. The average Bonchev–Trinajstić information content (AvgIpc) is 3.20. The molecule has 3 aromatic carbocycles. The highest BCUT2D eigenvalue weighted by Gasteiger charge is 2.14. The standard InChI is InChI=1S/C29H31N3O4/c1-3-5-11-27-31-24-17-16-22(30-28(33)8-4-2)18-25(24)32(27)19-20-12-14-21(15-13-20)23-9-6-7-10-26(23)36-29(34)35/h6-7,9-10,12-18H,3-5,8,11,19H2,1-2H3,(H,30,33)(H,34,35). The number of ether oxygens (including phenoxy) is 1. The smallest absolute Gasteiger partial charge is 0.449 e. The summed E-state index contributed by atoms with van der Waals surface area (Å²) in [6.45, 7) is 4.79. The number of rotatable bonds is 10. The number of aromatic nitrogens is 2. The number of aryl methyl sites for hydroxylation is 1. The van der Waals surface area contributed by atoms with Gasteiger partial charge < -0.3 is 19.7 Å². The van der Waals surface area contributed by atoms with Gasteiger partial charge in [-0.1, -0.05) is 62.7 Å². The van der Waals surface area contributed by atoms with Gasteiger partial charge in [-0.05, 0) is 48.2 Å². The summed E-state index contributed by atoms with van der Waals surface area (Å²) in [7, 11) is 0. The summed E-state index contributed by atoms with van der Waals surface area (Å²) < 4.78 is 7.16. The highest BCUT2D eigenvalue weighted by molar-refractivity contribution is 5.93. The van der Waals surface area contributed by atoms with Crippen molar-refractivity contribution < 1.29 is 19.4 Å². The number of fused-ring (bicyclic) bond motifs is 1. The van der Waals surface area contributed by atoms with Crippen molar-refractivity contribution in [3.05, 3.63) is 78.1 Å². The van der Waals surface area contributed by atoms with Crippen molar-refractivity contribution in [3.63, 3.8) is 0 Å². The first-order valence-corrected chi connectivity index (χ1v) is 12.4. The maximum atomic E-state index is 12.1. The third-order valence-corrected chi connectivity index (χ3v) is 6.03. The Morgan fingerprint density at radius 2 is 1.78 bits per heavy atom. The number of benzene rings is 3. The molecule has 4 aromatic rings. The van der Waals surface area contributed by atoms with Gasteiger partial charge in [-0.25, -0.2) is 9.78 Å². The maximum absolute atomic E-state index is 12.1. The number of hydrogen-bond donors (Lipinski definition) is 2. The van der Waals surface area contributed by atoms with Crippen molar-refractivity contribution in [3.8, 4) is 16.9 Å². The summed E-state index contributed by atoms with van der Waals surface area (Å²) >= 11 is 0. The van der Waals surface area contributed by atoms with E-state index in [1.807, 2.05) is 61.5 Å². The van der Waals surface area contributed by atoms with Gasteiger partial charge in [-0.3, -0.25) is 4.79 Å². The normalized spacial score (nSPS) is 10.9. The number of unbranched alkanes of at least 4 members (excludes halogenated alkanes) is 1. The van der Waals surface area contributed by atoms with Crippen LogP contribution in [0, 0.1) is 0 Å². The van der Waals surface area contributed by atoms with Gasteiger partial charge in [0.25, 0.3) is 0 Å². The molecule has 0 radical (unpaired) electrons. The zero-order valence-electron chi connectivity index (χ0n) is 20.7. The number of nitrogens with one attached hydrogen (secondary N) is 1. The minimum atomic E-state index is -1.34. The topological polar surface area (TPSA) is 93.5 Å². The minimum absolute atomic E-state index is 0.0110. The zero-order valence-corrected chi connectivity index (χ0v) is 20.7. The molecule has 7 heteroatoms. The first-order valence-electron chi connectivity index (χ1n) is 12.4. The van der Waals surface area contributed by atoms with E-state index in [-0.39, 0.29) is 5.91 Å². The van der Waals surface area contributed by atoms with E-state index in [4.69, 9.17) is 14.8 Å². The number of anilines is 1. The van der Waals surface area contributed by atoms with Crippen molar-refractivity contribution in [1.29, 1.82) is 0 Å². The molecule has 0 saturated heterocycles. The molecule has 0 aliphatic carbocycles. The number of carbonyl (C=O) groups is 2. The van der Waals surface area contributed by atoms with Crippen LogP contribution in [0.1, 0.15) is 50.9 Å². The molecular formula is C29H31N3O4. The van der Waals surface area contributed by atoms with Gasteiger partial charge in [-0.2, -0.15) is 0 Å². The molecule has 0 saturated carbocycles. The maximum Gasteiger partial charge on any atom is 0.511 e. The van der Waals surface area contributed by atoms with Crippen LogP contribution in [0.15, 0.2) is 66.7 Å². The molecule has 0 bridgehead atoms. The molecule has 0 atom stereocenters. The highest BCUT2D eigenvalue weighted by Crippen LogP contribution is 2.30. The molecule has 0 unspecified atom stereocenters. The Morgan fingerprint density at radius 3 is 2.50 bits per heavy atom. The zero-order chi connectivity index (χ0) is 25.5. The van der Waals surface area contributed by atoms with Crippen LogP contribution in [0.4, 0.5) is 10.5 Å². The van der Waals surface area contributed by atoms with E-state index in [0.717, 1.165) is 64.9 Å². The fourth-order valence-corrected chi connectivity index (χ4v) is 4.26. The van der Waals surface area contributed by atoms with E-state index in [1.165, 1.54) is 0 Å². The summed E-state index contributed by atoms with van der Waals surface area (Å²) in [4.78, 5) is 28.1. The molecule has 0 fully saturated rings. The molecule has 1 heterocycles. The lowest BCUT2D eigenvalue weighted by Crippen LogP contribution is -2.10. The second kappa shape index (κ2) is 11.5. The number of hydrogen-bond acceptors (Lipinski definition) is 4. The number of nitrogens with zero attached hydrogens (tertiary/aromatic N) is 2. The van der Waals surface area contributed by atoms with Crippen LogP contribution in [-0.2, 0) is 17.8 Å². The number of amides is 1. The van der Waals surface area contributed by atoms with Gasteiger partial charge in [0.15, 0.2) is 0 Å². The third-order valence-electron chi connectivity index (χ3n) is 6.03. The highest BCUT2D eigenvalue weighted by atomic mass is 16.7. The summed E-state index contributed by atoms with van der Waals surface area (Å²) in [6.07, 6.45) is 2.95. The summed E-state index contributed by atoms with van der Waals surface area (Å²) in [5.41, 5.74) is 5.35. The molecule has 0 aliphatic heterocycles. The van der Waals surface area contributed by atoms with Crippen molar-refractivity contribution >= 4 is 28.8 Å². The summed E-state index contributed by atoms with van der Waals surface area (Å²) in [6, 6.07) is 21.0. The molecule has 0 spiro atoms. The van der Waals surface area contributed by atoms with Crippen LogP contribution in [0.5, 0.6) is 5.75 Å². The Hall–Kier alpha value is -4.13. The van der Waals surface area contributed by atoms with Gasteiger partial charge in [0, 0.05) is 30.6 Å². The first-order chi connectivity index (χ1) is 17.5. The number of para-hydroxylation sites is 1. The monoisotopic (exact) mass is 485 g/mol. The van der Waals surface area contributed by atoms with Gasteiger partial charge in [0.1, 0.15) is 11.6 Å². The third kappa shape index (κ3) is 5.92. The molecule has 0 aliphatic rings. The molecule has 2 N–H and O–H groups in total. The van der Waals surface area contributed by atoms with Crippen LogP contribution in [0.2, 0.25) is 0 Å². The second-order valence-electron chi connectivity index (χ2n) is 8.78. The molecular weight excluding hydrogens is 454 g/mol. The second-order valence-corrected chi connectivity index (χ2v) is 8.78.